The minimum atomic E-state index is -0.206. The van der Waals surface area contributed by atoms with Gasteiger partial charge in [-0.1, -0.05) is 23.2 Å². The standard InChI is InChI=1S/C20H23Cl2N7O/c1-29(2)18-14(21)7-12(8-15(18)22)26-19-17-16(24-10-25-19)9-23-20(28-17)27-11-3-5-13(30)6-4-11/h7-11,13,30H,3-6H2,1-2H3,(H,23,27,28)(H,24,25,26)/t11-,13-. The van der Waals surface area contributed by atoms with Crippen LogP contribution in [0.15, 0.2) is 24.7 Å². The molecular weight excluding hydrogens is 425 g/mol. The largest absolute Gasteiger partial charge is 0.393 e. The second-order valence-corrected chi connectivity index (χ2v) is 8.42. The van der Waals surface area contributed by atoms with Gasteiger partial charge in [0.2, 0.25) is 5.95 Å². The van der Waals surface area contributed by atoms with E-state index in [1.165, 1.54) is 6.33 Å². The van der Waals surface area contributed by atoms with Crippen molar-refractivity contribution in [3.05, 3.63) is 34.7 Å². The molecule has 1 saturated carbocycles. The Morgan fingerprint density at radius 1 is 1.03 bits per heavy atom. The van der Waals surface area contributed by atoms with Crippen molar-refractivity contribution in [2.75, 3.05) is 29.6 Å². The van der Waals surface area contributed by atoms with E-state index in [1.807, 2.05) is 19.0 Å². The van der Waals surface area contributed by atoms with Gasteiger partial charge in [-0.05, 0) is 37.8 Å². The van der Waals surface area contributed by atoms with Crippen molar-refractivity contribution >= 4 is 57.4 Å². The summed E-state index contributed by atoms with van der Waals surface area (Å²) in [5.41, 5.74) is 2.67. The lowest BCUT2D eigenvalue weighted by Crippen LogP contribution is -2.28. The molecule has 0 radical (unpaired) electrons. The SMILES string of the molecule is CN(C)c1c(Cl)cc(Nc2ncnc3cnc(N[C@H]4CC[C@H](O)CC4)nc23)cc1Cl. The maximum Gasteiger partial charge on any atom is 0.223 e. The van der Waals surface area contributed by atoms with Crippen molar-refractivity contribution in [2.24, 2.45) is 0 Å². The number of hydrogen-bond acceptors (Lipinski definition) is 8. The van der Waals surface area contributed by atoms with E-state index >= 15 is 0 Å². The highest BCUT2D eigenvalue weighted by molar-refractivity contribution is 6.39. The lowest BCUT2D eigenvalue weighted by Gasteiger charge is -2.26. The number of anilines is 4. The number of halogens is 2. The van der Waals surface area contributed by atoms with Gasteiger partial charge in [0.15, 0.2) is 5.82 Å². The number of nitrogens with zero attached hydrogens (tertiary/aromatic N) is 5. The molecule has 1 aliphatic rings. The summed E-state index contributed by atoms with van der Waals surface area (Å²) in [5.74, 6) is 1.05. The molecule has 2 aromatic heterocycles. The van der Waals surface area contributed by atoms with Crippen LogP contribution in [0.25, 0.3) is 11.0 Å². The number of fused-ring (bicyclic) bond motifs is 1. The zero-order valence-electron chi connectivity index (χ0n) is 16.7. The van der Waals surface area contributed by atoms with Gasteiger partial charge in [0.25, 0.3) is 0 Å². The predicted octanol–water partition coefficient (Wildman–Crippen LogP) is 4.25. The van der Waals surface area contributed by atoms with Gasteiger partial charge < -0.3 is 20.6 Å². The van der Waals surface area contributed by atoms with Gasteiger partial charge in [-0.3, -0.25) is 0 Å². The monoisotopic (exact) mass is 447 g/mol. The third-order valence-corrected chi connectivity index (χ3v) is 5.71. The maximum atomic E-state index is 9.69. The average Bonchev–Trinajstić information content (AvgIpc) is 2.69. The van der Waals surface area contributed by atoms with Crippen LogP contribution in [0, 0.1) is 0 Å². The van der Waals surface area contributed by atoms with Gasteiger partial charge in [0, 0.05) is 25.8 Å². The van der Waals surface area contributed by atoms with E-state index in [0.29, 0.717) is 38.5 Å². The fourth-order valence-corrected chi connectivity index (χ4v) is 4.44. The van der Waals surface area contributed by atoms with Gasteiger partial charge in [-0.2, -0.15) is 0 Å². The first-order valence-electron chi connectivity index (χ1n) is 9.76. The van der Waals surface area contributed by atoms with Gasteiger partial charge in [-0.25, -0.2) is 19.9 Å². The molecule has 0 unspecified atom stereocenters. The number of hydrogen-bond donors (Lipinski definition) is 3. The molecule has 0 amide bonds. The average molecular weight is 448 g/mol. The second-order valence-electron chi connectivity index (χ2n) is 7.61. The summed E-state index contributed by atoms with van der Waals surface area (Å²) in [6.07, 6.45) is 6.26. The molecule has 0 aliphatic heterocycles. The highest BCUT2D eigenvalue weighted by Crippen LogP contribution is 2.36. The fourth-order valence-electron chi connectivity index (χ4n) is 3.62. The van der Waals surface area contributed by atoms with Crippen molar-refractivity contribution in [3.63, 3.8) is 0 Å². The summed E-state index contributed by atoms with van der Waals surface area (Å²) in [6.45, 7) is 0. The highest BCUT2D eigenvalue weighted by Gasteiger charge is 2.20. The number of benzene rings is 1. The third kappa shape index (κ3) is 4.50. The van der Waals surface area contributed by atoms with Crippen LogP contribution in [0.2, 0.25) is 10.0 Å². The molecule has 30 heavy (non-hydrogen) atoms. The minimum Gasteiger partial charge on any atom is -0.393 e. The van der Waals surface area contributed by atoms with E-state index < -0.39 is 0 Å². The number of aliphatic hydroxyl groups is 1. The Labute approximate surface area is 184 Å². The lowest BCUT2D eigenvalue weighted by molar-refractivity contribution is 0.126. The van der Waals surface area contributed by atoms with Crippen molar-refractivity contribution in [3.8, 4) is 0 Å². The molecule has 3 aromatic rings. The number of nitrogens with one attached hydrogen (secondary N) is 2. The molecule has 1 fully saturated rings. The summed E-state index contributed by atoms with van der Waals surface area (Å²) < 4.78 is 0. The molecule has 0 bridgehead atoms. The van der Waals surface area contributed by atoms with E-state index in [2.05, 4.69) is 30.6 Å². The molecule has 8 nitrogen and oxygen atoms in total. The first kappa shape index (κ1) is 20.8. The van der Waals surface area contributed by atoms with Gasteiger partial charge in [-0.15, -0.1) is 0 Å². The van der Waals surface area contributed by atoms with Crippen LogP contribution < -0.4 is 15.5 Å². The topological polar surface area (TPSA) is 99.1 Å². The molecule has 0 saturated heterocycles. The van der Waals surface area contributed by atoms with E-state index in [4.69, 9.17) is 23.2 Å². The Hall–Kier alpha value is -2.42. The molecule has 1 aliphatic carbocycles. The second kappa shape index (κ2) is 8.75. The van der Waals surface area contributed by atoms with Crippen LogP contribution in [-0.4, -0.2) is 51.3 Å². The smallest absolute Gasteiger partial charge is 0.223 e. The third-order valence-electron chi connectivity index (χ3n) is 5.13. The van der Waals surface area contributed by atoms with Crippen LogP contribution in [0.3, 0.4) is 0 Å². The van der Waals surface area contributed by atoms with E-state index in [1.54, 1.807) is 18.3 Å². The summed E-state index contributed by atoms with van der Waals surface area (Å²) in [6, 6.07) is 3.83. The number of rotatable bonds is 5. The molecule has 158 valence electrons. The van der Waals surface area contributed by atoms with E-state index in [0.717, 1.165) is 31.4 Å². The lowest BCUT2D eigenvalue weighted by atomic mass is 9.93. The summed E-state index contributed by atoms with van der Waals surface area (Å²) >= 11 is 12.8. The van der Waals surface area contributed by atoms with Crippen LogP contribution in [0.1, 0.15) is 25.7 Å². The molecular formula is C20H23Cl2N7O. The Balaban J connectivity index is 1.61. The van der Waals surface area contributed by atoms with Gasteiger partial charge in [0.1, 0.15) is 17.4 Å². The molecule has 0 spiro atoms. The Morgan fingerprint density at radius 2 is 1.73 bits per heavy atom. The summed E-state index contributed by atoms with van der Waals surface area (Å²) in [7, 11) is 3.77. The Bertz CT molecular complexity index is 1030. The van der Waals surface area contributed by atoms with Crippen LogP contribution >= 0.6 is 23.2 Å². The normalized spacial score (nSPS) is 19.0. The summed E-state index contributed by atoms with van der Waals surface area (Å²) in [5, 5.41) is 17.4. The number of aromatic nitrogens is 4. The predicted molar refractivity (Wildman–Crippen MR) is 121 cm³/mol. The quantitative estimate of drug-likeness (QED) is 0.533. The zero-order valence-corrected chi connectivity index (χ0v) is 18.2. The minimum absolute atomic E-state index is 0.206. The van der Waals surface area contributed by atoms with Crippen molar-refractivity contribution in [1.29, 1.82) is 0 Å². The van der Waals surface area contributed by atoms with Crippen molar-refractivity contribution < 1.29 is 5.11 Å². The van der Waals surface area contributed by atoms with E-state index in [-0.39, 0.29) is 12.1 Å². The first-order chi connectivity index (χ1) is 14.4. The molecule has 0 atom stereocenters. The summed E-state index contributed by atoms with van der Waals surface area (Å²) in [4.78, 5) is 19.5. The van der Waals surface area contributed by atoms with Crippen LogP contribution in [0.5, 0.6) is 0 Å². The Kier molecular flexibility index (Phi) is 6.08. The fraction of sp³-hybridized carbons (Fsp3) is 0.400. The maximum absolute atomic E-state index is 9.69. The first-order valence-corrected chi connectivity index (χ1v) is 10.5. The van der Waals surface area contributed by atoms with Crippen LogP contribution in [-0.2, 0) is 0 Å². The molecule has 4 rings (SSSR count). The zero-order chi connectivity index (χ0) is 21.3. The van der Waals surface area contributed by atoms with E-state index in [9.17, 15) is 5.11 Å². The number of aliphatic hydroxyl groups excluding tert-OH is 1. The van der Waals surface area contributed by atoms with Gasteiger partial charge in [0.05, 0.1) is 28.0 Å². The molecule has 3 N–H and O–H groups in total. The van der Waals surface area contributed by atoms with Gasteiger partial charge >= 0.3 is 0 Å². The molecule has 1 aromatic carbocycles. The molecule has 10 heteroatoms. The van der Waals surface area contributed by atoms with Crippen LogP contribution in [0.4, 0.5) is 23.1 Å². The highest BCUT2D eigenvalue weighted by atomic mass is 35.5. The molecule has 2 heterocycles. The Morgan fingerprint density at radius 3 is 2.40 bits per heavy atom. The van der Waals surface area contributed by atoms with Crippen molar-refractivity contribution in [1.82, 2.24) is 19.9 Å². The van der Waals surface area contributed by atoms with Crippen molar-refractivity contribution in [2.45, 2.75) is 37.8 Å².